The highest BCUT2D eigenvalue weighted by molar-refractivity contribution is 7.14. The predicted octanol–water partition coefficient (Wildman–Crippen LogP) is 5.42. The average Bonchev–Trinajstić information content (AvgIpc) is 3.68. The second kappa shape index (κ2) is 11.3. The Balaban J connectivity index is 1.23. The SMILES string of the molecule is C=CC(=O)N1CCC2(CC(n3c(NC(=O)c4ccc(C(F)F)s4)nc4cc(CNC5CCC(O)CC5)ccc43)C2)C1. The number of hydrogen-bond donors (Lipinski definition) is 3. The molecular weight excluding hydrogens is 548 g/mol. The Morgan fingerprint density at radius 3 is 2.68 bits per heavy atom. The van der Waals surface area contributed by atoms with Crippen molar-refractivity contribution in [3.8, 4) is 0 Å². The van der Waals surface area contributed by atoms with Crippen LogP contribution in [-0.2, 0) is 11.3 Å². The number of hydrogen-bond acceptors (Lipinski definition) is 6. The largest absolute Gasteiger partial charge is 0.393 e. The van der Waals surface area contributed by atoms with Crippen molar-refractivity contribution in [2.75, 3.05) is 18.4 Å². The third-order valence-electron chi connectivity index (χ3n) is 8.96. The maximum atomic E-state index is 13.1. The third-order valence-corrected chi connectivity index (χ3v) is 10.1. The van der Waals surface area contributed by atoms with Crippen LogP contribution in [0.3, 0.4) is 0 Å². The zero-order valence-electron chi connectivity index (χ0n) is 22.8. The van der Waals surface area contributed by atoms with Crippen molar-refractivity contribution in [2.45, 2.75) is 76.1 Å². The van der Waals surface area contributed by atoms with Crippen LogP contribution in [0.2, 0.25) is 0 Å². The molecule has 2 aromatic heterocycles. The van der Waals surface area contributed by atoms with Gasteiger partial charge in [-0.05, 0) is 86.3 Å². The van der Waals surface area contributed by atoms with E-state index in [-0.39, 0.29) is 33.2 Å². The number of imidazole rings is 1. The number of aromatic nitrogens is 2. The summed E-state index contributed by atoms with van der Waals surface area (Å²) in [5.41, 5.74) is 2.78. The zero-order chi connectivity index (χ0) is 28.7. The first kappa shape index (κ1) is 28.0. The number of carbonyl (C=O) groups is 2. The summed E-state index contributed by atoms with van der Waals surface area (Å²) in [5, 5.41) is 16.3. The van der Waals surface area contributed by atoms with Crippen molar-refractivity contribution in [2.24, 2.45) is 5.41 Å². The summed E-state index contributed by atoms with van der Waals surface area (Å²) in [5.74, 6) is -0.103. The van der Waals surface area contributed by atoms with Gasteiger partial charge in [0, 0.05) is 31.7 Å². The second-order valence-corrected chi connectivity index (χ2v) is 12.9. The lowest BCUT2D eigenvalue weighted by Gasteiger charge is -2.46. The van der Waals surface area contributed by atoms with E-state index in [9.17, 15) is 23.5 Å². The summed E-state index contributed by atoms with van der Waals surface area (Å²) in [6.45, 7) is 5.70. The normalized spacial score (nSPS) is 26.0. The van der Waals surface area contributed by atoms with Crippen LogP contribution in [0.4, 0.5) is 14.7 Å². The van der Waals surface area contributed by atoms with Crippen LogP contribution in [0.25, 0.3) is 11.0 Å². The predicted molar refractivity (Wildman–Crippen MR) is 154 cm³/mol. The van der Waals surface area contributed by atoms with E-state index in [1.54, 1.807) is 0 Å². The van der Waals surface area contributed by atoms with Crippen LogP contribution in [-0.4, -0.2) is 56.6 Å². The van der Waals surface area contributed by atoms with Crippen LogP contribution >= 0.6 is 11.3 Å². The maximum absolute atomic E-state index is 13.1. The molecule has 0 atom stereocenters. The number of benzene rings is 1. The number of fused-ring (bicyclic) bond motifs is 1. The number of halogens is 2. The molecule has 3 aromatic rings. The van der Waals surface area contributed by atoms with Crippen LogP contribution < -0.4 is 10.6 Å². The molecule has 11 heteroatoms. The smallest absolute Gasteiger partial charge is 0.272 e. The minimum Gasteiger partial charge on any atom is -0.393 e. The van der Waals surface area contributed by atoms with E-state index in [1.165, 1.54) is 18.2 Å². The van der Waals surface area contributed by atoms with Crippen molar-refractivity contribution < 1.29 is 23.5 Å². The average molecular weight is 584 g/mol. The number of alkyl halides is 2. The molecule has 0 unspecified atom stereocenters. The summed E-state index contributed by atoms with van der Waals surface area (Å²) in [6.07, 6.45) is 4.71. The van der Waals surface area contributed by atoms with E-state index in [2.05, 4.69) is 27.8 Å². The fourth-order valence-corrected chi connectivity index (χ4v) is 7.48. The van der Waals surface area contributed by atoms with Gasteiger partial charge in [-0.15, -0.1) is 11.3 Å². The number of nitrogens with zero attached hydrogens (tertiary/aromatic N) is 3. The zero-order valence-corrected chi connectivity index (χ0v) is 23.6. The van der Waals surface area contributed by atoms with Gasteiger partial charge in [0.05, 0.1) is 26.9 Å². The van der Waals surface area contributed by atoms with Crippen LogP contribution in [0.1, 0.15) is 77.5 Å². The molecule has 1 aromatic carbocycles. The third kappa shape index (κ3) is 5.67. The number of anilines is 1. The van der Waals surface area contributed by atoms with Gasteiger partial charge in [-0.1, -0.05) is 12.6 Å². The summed E-state index contributed by atoms with van der Waals surface area (Å²) in [6, 6.07) is 9.30. The van der Waals surface area contributed by atoms with Gasteiger partial charge in [-0.3, -0.25) is 14.9 Å². The Labute approximate surface area is 241 Å². The maximum Gasteiger partial charge on any atom is 0.272 e. The summed E-state index contributed by atoms with van der Waals surface area (Å²) < 4.78 is 28.3. The molecule has 1 saturated heterocycles. The van der Waals surface area contributed by atoms with Crippen molar-refractivity contribution in [3.63, 3.8) is 0 Å². The van der Waals surface area contributed by atoms with Crippen molar-refractivity contribution in [1.82, 2.24) is 19.8 Å². The second-order valence-electron chi connectivity index (χ2n) is 11.7. The van der Waals surface area contributed by atoms with Crippen molar-refractivity contribution >= 4 is 40.1 Å². The first-order chi connectivity index (χ1) is 19.7. The summed E-state index contributed by atoms with van der Waals surface area (Å²) in [7, 11) is 0. The van der Waals surface area contributed by atoms with Crippen molar-refractivity contribution in [1.29, 1.82) is 0 Å². The highest BCUT2D eigenvalue weighted by atomic mass is 32.1. The number of aliphatic hydroxyl groups excluding tert-OH is 1. The molecule has 1 aliphatic heterocycles. The van der Waals surface area contributed by atoms with Gasteiger partial charge in [-0.25, -0.2) is 13.8 Å². The summed E-state index contributed by atoms with van der Waals surface area (Å²) >= 11 is 0.784. The van der Waals surface area contributed by atoms with Crippen molar-refractivity contribution in [3.05, 3.63) is 58.3 Å². The number of nitrogens with one attached hydrogen (secondary N) is 2. The standard InChI is InChI=1S/C30H35F2N5O3S/c1-2-26(39)36-12-11-30(17-36)14-20(15-30)37-23-8-3-18(16-33-19-4-6-21(38)7-5-19)13-22(23)34-29(37)35-28(40)25-10-9-24(41-25)27(31)32/h2-3,8-10,13,19-21,27,33,38H,1,4-7,11-12,14-17H2,(H,34,35,40). The molecule has 2 saturated carbocycles. The highest BCUT2D eigenvalue weighted by Gasteiger charge is 2.50. The molecule has 0 radical (unpaired) electrons. The lowest BCUT2D eigenvalue weighted by Crippen LogP contribution is -2.42. The van der Waals surface area contributed by atoms with Gasteiger partial charge >= 0.3 is 0 Å². The molecule has 3 N–H and O–H groups in total. The first-order valence-electron chi connectivity index (χ1n) is 14.3. The quantitative estimate of drug-likeness (QED) is 0.308. The van der Waals surface area contributed by atoms with Gasteiger partial charge in [0.25, 0.3) is 12.3 Å². The number of aliphatic hydroxyl groups is 1. The number of carbonyl (C=O) groups excluding carboxylic acids is 2. The topological polar surface area (TPSA) is 99.5 Å². The van der Waals surface area contributed by atoms with Gasteiger partial charge in [0.1, 0.15) is 0 Å². The molecule has 3 fully saturated rings. The molecule has 0 bridgehead atoms. The monoisotopic (exact) mass is 583 g/mol. The Morgan fingerprint density at radius 2 is 1.98 bits per heavy atom. The van der Waals surface area contributed by atoms with E-state index >= 15 is 0 Å². The Morgan fingerprint density at radius 1 is 1.20 bits per heavy atom. The van der Waals surface area contributed by atoms with E-state index in [4.69, 9.17) is 4.98 Å². The van der Waals surface area contributed by atoms with E-state index in [0.717, 1.165) is 72.9 Å². The molecule has 218 valence electrons. The van der Waals surface area contributed by atoms with Crippen LogP contribution in [0.15, 0.2) is 43.0 Å². The minimum atomic E-state index is -2.62. The molecule has 8 nitrogen and oxygen atoms in total. The fraction of sp³-hybridized carbons (Fsp3) is 0.500. The Hall–Kier alpha value is -3.15. The lowest BCUT2D eigenvalue weighted by atomic mass is 9.64. The molecule has 3 heterocycles. The minimum absolute atomic E-state index is 0.0402. The first-order valence-corrected chi connectivity index (χ1v) is 15.1. The number of amides is 2. The van der Waals surface area contributed by atoms with E-state index in [1.807, 2.05) is 17.0 Å². The molecule has 3 aliphatic rings. The van der Waals surface area contributed by atoms with Gasteiger partial charge in [0.2, 0.25) is 11.9 Å². The Bertz CT molecular complexity index is 1460. The number of likely N-dealkylation sites (tertiary alicyclic amines) is 1. The number of thiophene rings is 1. The molecule has 2 aliphatic carbocycles. The van der Waals surface area contributed by atoms with Gasteiger partial charge in [-0.2, -0.15) is 0 Å². The molecule has 2 amide bonds. The Kier molecular flexibility index (Phi) is 7.69. The van der Waals surface area contributed by atoms with Gasteiger partial charge < -0.3 is 19.9 Å². The molecular formula is C30H35F2N5O3S. The van der Waals surface area contributed by atoms with E-state index in [0.29, 0.717) is 31.6 Å². The number of rotatable bonds is 8. The summed E-state index contributed by atoms with van der Waals surface area (Å²) in [4.78, 5) is 32.0. The lowest BCUT2D eigenvalue weighted by molar-refractivity contribution is -0.125. The fourth-order valence-electron chi connectivity index (χ4n) is 6.72. The molecule has 41 heavy (non-hydrogen) atoms. The van der Waals surface area contributed by atoms with Crippen LogP contribution in [0.5, 0.6) is 0 Å². The van der Waals surface area contributed by atoms with Gasteiger partial charge in [0.15, 0.2) is 0 Å². The molecule has 6 rings (SSSR count). The highest BCUT2D eigenvalue weighted by Crippen LogP contribution is 2.55. The van der Waals surface area contributed by atoms with E-state index < -0.39 is 12.3 Å². The van der Waals surface area contributed by atoms with Crippen LogP contribution in [0, 0.1) is 5.41 Å². The molecule has 1 spiro atoms.